The van der Waals surface area contributed by atoms with Gasteiger partial charge in [0, 0.05) is 12.7 Å². The molecule has 4 aromatic rings. The minimum Gasteiger partial charge on any atom is -0.329 e. The van der Waals surface area contributed by atoms with Crippen LogP contribution in [0.1, 0.15) is 51.9 Å². The first-order valence-corrected chi connectivity index (χ1v) is 11.4. The van der Waals surface area contributed by atoms with Crippen molar-refractivity contribution in [2.45, 2.75) is 38.4 Å². The van der Waals surface area contributed by atoms with E-state index < -0.39 is 11.7 Å². The molecular weight excluding hydrogens is 451 g/mol. The molecule has 4 heterocycles. The fraction of sp³-hybridized carbons (Fsp3) is 0.304. The highest BCUT2D eigenvalue weighted by molar-refractivity contribution is 7.18. The molecule has 0 radical (unpaired) electrons. The van der Waals surface area contributed by atoms with Crippen molar-refractivity contribution in [3.63, 3.8) is 0 Å². The van der Waals surface area contributed by atoms with Crippen LogP contribution in [0, 0.1) is 6.92 Å². The highest BCUT2D eigenvalue weighted by Gasteiger charge is 2.33. The molecule has 1 fully saturated rings. The summed E-state index contributed by atoms with van der Waals surface area (Å²) in [6, 6.07) is 10.0. The molecule has 1 aliphatic rings. The van der Waals surface area contributed by atoms with Crippen LogP contribution in [0.3, 0.4) is 0 Å². The van der Waals surface area contributed by atoms with E-state index in [1.54, 1.807) is 18.3 Å². The Morgan fingerprint density at radius 2 is 1.94 bits per heavy atom. The second-order valence-corrected chi connectivity index (χ2v) is 9.05. The lowest BCUT2D eigenvalue weighted by molar-refractivity contribution is -0.137. The molecular formula is C23H20F3N5OS. The molecule has 1 amide bonds. The third-order valence-corrected chi connectivity index (χ3v) is 7.03. The topological polar surface area (TPSA) is 63.9 Å². The fourth-order valence-electron chi connectivity index (χ4n) is 4.15. The lowest BCUT2D eigenvalue weighted by atomic mass is 10.0. The van der Waals surface area contributed by atoms with Gasteiger partial charge in [0.1, 0.15) is 5.01 Å². The number of nitrogens with zero attached hydrogens (tertiary/aromatic N) is 5. The molecule has 0 saturated carbocycles. The van der Waals surface area contributed by atoms with Crippen molar-refractivity contribution in [2.24, 2.45) is 0 Å². The number of carbonyl (C=O) groups is 1. The van der Waals surface area contributed by atoms with E-state index in [4.69, 9.17) is 4.98 Å². The maximum atomic E-state index is 13.5. The summed E-state index contributed by atoms with van der Waals surface area (Å²) in [5.74, 6) is 0.0653. The zero-order valence-electron chi connectivity index (χ0n) is 17.7. The molecule has 0 aliphatic carbocycles. The van der Waals surface area contributed by atoms with Gasteiger partial charge in [0.15, 0.2) is 5.82 Å². The number of likely N-dealkylation sites (tertiary alicyclic amines) is 1. The van der Waals surface area contributed by atoms with Crippen LogP contribution in [0.2, 0.25) is 0 Å². The summed E-state index contributed by atoms with van der Waals surface area (Å²) in [6.45, 7) is 2.33. The van der Waals surface area contributed by atoms with E-state index in [0.717, 1.165) is 46.7 Å². The van der Waals surface area contributed by atoms with Crippen LogP contribution < -0.4 is 0 Å². The van der Waals surface area contributed by atoms with Crippen molar-refractivity contribution < 1.29 is 18.0 Å². The summed E-state index contributed by atoms with van der Waals surface area (Å²) in [5.41, 5.74) is 1.03. The van der Waals surface area contributed by atoms with Crippen molar-refractivity contribution in [1.29, 1.82) is 0 Å². The van der Waals surface area contributed by atoms with Crippen molar-refractivity contribution in [3.05, 3.63) is 70.6 Å². The molecule has 3 aromatic heterocycles. The second-order valence-electron chi connectivity index (χ2n) is 7.99. The summed E-state index contributed by atoms with van der Waals surface area (Å²) in [4.78, 5) is 24.0. The first kappa shape index (κ1) is 21.6. The third-order valence-electron chi connectivity index (χ3n) is 5.89. The molecule has 6 nitrogen and oxygen atoms in total. The standard InChI is InChI=1S/C23H20F3N5OS/c1-14-16(13-28-31(14)20-10-9-15(12-27-20)23(24,25)26)22(32)30-11-5-4-7-18(30)21-29-17-6-2-3-8-19(17)33-21/h2-3,6,8-10,12-13,18H,4-5,7,11H2,1H3. The summed E-state index contributed by atoms with van der Waals surface area (Å²) in [7, 11) is 0. The van der Waals surface area contributed by atoms with Gasteiger partial charge in [-0.1, -0.05) is 12.1 Å². The van der Waals surface area contributed by atoms with E-state index in [0.29, 0.717) is 17.8 Å². The number of hydrogen-bond acceptors (Lipinski definition) is 5. The number of amides is 1. The lowest BCUT2D eigenvalue weighted by Crippen LogP contribution is -2.38. The second kappa shape index (κ2) is 8.26. The SMILES string of the molecule is Cc1c(C(=O)N2CCCCC2c2nc3ccccc3s2)cnn1-c1ccc(C(F)(F)F)cn1. The van der Waals surface area contributed by atoms with Crippen molar-refractivity contribution >= 4 is 27.5 Å². The van der Waals surface area contributed by atoms with Gasteiger partial charge < -0.3 is 4.90 Å². The van der Waals surface area contributed by atoms with Crippen LogP contribution in [0.4, 0.5) is 13.2 Å². The Balaban J connectivity index is 1.44. The average molecular weight is 472 g/mol. The Labute approximate surface area is 191 Å². The summed E-state index contributed by atoms with van der Waals surface area (Å²) in [6.07, 6.45) is 0.514. The molecule has 1 atom stereocenters. The Kier molecular flexibility index (Phi) is 5.40. The highest BCUT2D eigenvalue weighted by atomic mass is 32.1. The summed E-state index contributed by atoms with van der Waals surface area (Å²) < 4.78 is 41.0. The molecule has 0 spiro atoms. The molecule has 5 rings (SSSR count). The quantitative estimate of drug-likeness (QED) is 0.392. The van der Waals surface area contributed by atoms with E-state index >= 15 is 0 Å². The Morgan fingerprint density at radius 3 is 2.67 bits per heavy atom. The zero-order valence-corrected chi connectivity index (χ0v) is 18.5. The minimum atomic E-state index is -4.46. The Bertz CT molecular complexity index is 1280. The number of hydrogen-bond donors (Lipinski definition) is 0. The zero-order chi connectivity index (χ0) is 23.2. The number of thiazole rings is 1. The third kappa shape index (κ3) is 3.99. The molecule has 1 aromatic carbocycles. The Hall–Kier alpha value is -3.27. The number of alkyl halides is 3. The predicted octanol–water partition coefficient (Wildman–Crippen LogP) is 5.57. The van der Waals surface area contributed by atoms with Crippen LogP contribution in [0.25, 0.3) is 16.0 Å². The van der Waals surface area contributed by atoms with Gasteiger partial charge in [0.2, 0.25) is 0 Å². The van der Waals surface area contributed by atoms with E-state index in [1.165, 1.54) is 16.9 Å². The number of aromatic nitrogens is 4. The average Bonchev–Trinajstić information content (AvgIpc) is 3.42. The molecule has 1 unspecified atom stereocenters. The van der Waals surface area contributed by atoms with Crippen molar-refractivity contribution in [3.8, 4) is 5.82 Å². The van der Waals surface area contributed by atoms with E-state index in [-0.39, 0.29) is 17.8 Å². The molecule has 1 aliphatic heterocycles. The number of halogens is 3. The predicted molar refractivity (Wildman–Crippen MR) is 118 cm³/mol. The van der Waals surface area contributed by atoms with Gasteiger partial charge in [-0.05, 0) is 50.5 Å². The van der Waals surface area contributed by atoms with Crippen LogP contribution in [-0.2, 0) is 6.18 Å². The molecule has 0 bridgehead atoms. The number of rotatable bonds is 3. The fourth-order valence-corrected chi connectivity index (χ4v) is 5.26. The first-order valence-electron chi connectivity index (χ1n) is 10.6. The van der Waals surface area contributed by atoms with Crippen molar-refractivity contribution in [1.82, 2.24) is 24.6 Å². The normalized spacial score (nSPS) is 17.0. The van der Waals surface area contributed by atoms with Gasteiger partial charge in [0.25, 0.3) is 5.91 Å². The summed E-state index contributed by atoms with van der Waals surface area (Å²) in [5, 5.41) is 5.15. The minimum absolute atomic E-state index is 0.115. The number of fused-ring (bicyclic) bond motifs is 1. The monoisotopic (exact) mass is 471 g/mol. The van der Waals surface area contributed by atoms with Crippen LogP contribution in [0.5, 0.6) is 0 Å². The van der Waals surface area contributed by atoms with Crippen LogP contribution in [-0.4, -0.2) is 37.1 Å². The number of carbonyl (C=O) groups excluding carboxylic acids is 1. The molecule has 33 heavy (non-hydrogen) atoms. The Morgan fingerprint density at radius 1 is 1.12 bits per heavy atom. The largest absolute Gasteiger partial charge is 0.417 e. The first-order chi connectivity index (χ1) is 15.8. The van der Waals surface area contributed by atoms with Gasteiger partial charge in [0.05, 0.1) is 39.3 Å². The molecule has 170 valence electrons. The maximum Gasteiger partial charge on any atom is 0.417 e. The van der Waals surface area contributed by atoms with E-state index in [2.05, 4.69) is 10.1 Å². The van der Waals surface area contributed by atoms with Gasteiger partial charge in [-0.15, -0.1) is 11.3 Å². The number of pyridine rings is 1. The smallest absolute Gasteiger partial charge is 0.329 e. The van der Waals surface area contributed by atoms with Gasteiger partial charge >= 0.3 is 6.18 Å². The number of para-hydroxylation sites is 1. The van der Waals surface area contributed by atoms with E-state index in [9.17, 15) is 18.0 Å². The van der Waals surface area contributed by atoms with Gasteiger partial charge in [-0.2, -0.15) is 18.3 Å². The van der Waals surface area contributed by atoms with Crippen molar-refractivity contribution in [2.75, 3.05) is 6.54 Å². The van der Waals surface area contributed by atoms with Gasteiger partial charge in [-0.25, -0.2) is 14.6 Å². The molecule has 10 heteroatoms. The maximum absolute atomic E-state index is 13.5. The lowest BCUT2D eigenvalue weighted by Gasteiger charge is -2.34. The number of benzene rings is 1. The summed E-state index contributed by atoms with van der Waals surface area (Å²) >= 11 is 1.60. The molecule has 0 N–H and O–H groups in total. The number of piperidine rings is 1. The van der Waals surface area contributed by atoms with Gasteiger partial charge in [-0.3, -0.25) is 4.79 Å². The van der Waals surface area contributed by atoms with E-state index in [1.807, 2.05) is 29.2 Å². The highest BCUT2D eigenvalue weighted by Crippen LogP contribution is 2.37. The van der Waals surface area contributed by atoms with Crippen LogP contribution >= 0.6 is 11.3 Å². The molecule has 1 saturated heterocycles. The van der Waals surface area contributed by atoms with Crippen LogP contribution in [0.15, 0.2) is 48.8 Å².